The minimum Gasteiger partial charge on any atom is -0.489 e. The second-order valence-corrected chi connectivity index (χ2v) is 7.23. The number of nitrogens with zero attached hydrogens (tertiary/aromatic N) is 1. The van der Waals surface area contributed by atoms with Crippen LogP contribution in [0.25, 0.3) is 6.08 Å². The molecular weight excluding hydrogens is 397 g/mol. The maximum Gasteiger partial charge on any atom is 0.328 e. The van der Waals surface area contributed by atoms with E-state index in [1.807, 2.05) is 0 Å². The highest BCUT2D eigenvalue weighted by molar-refractivity contribution is 8.18. The van der Waals surface area contributed by atoms with Crippen LogP contribution in [0, 0.1) is 5.82 Å². The van der Waals surface area contributed by atoms with Crippen LogP contribution in [0.15, 0.2) is 53.4 Å². The number of thioether (sulfide) groups is 1. The van der Waals surface area contributed by atoms with Crippen LogP contribution < -0.4 is 4.74 Å². The quantitative estimate of drug-likeness (QED) is 0.525. The van der Waals surface area contributed by atoms with E-state index in [4.69, 9.17) is 4.74 Å². The lowest BCUT2D eigenvalue weighted by Gasteiger charge is -2.18. The number of methoxy groups -OCH3 is 1. The molecule has 3 rings (SSSR count). The Morgan fingerprint density at radius 2 is 1.93 bits per heavy atom. The van der Waals surface area contributed by atoms with Crippen molar-refractivity contribution in [3.8, 4) is 5.75 Å². The van der Waals surface area contributed by atoms with E-state index >= 15 is 0 Å². The summed E-state index contributed by atoms with van der Waals surface area (Å²) >= 11 is 0.765. The van der Waals surface area contributed by atoms with Gasteiger partial charge >= 0.3 is 5.97 Å². The summed E-state index contributed by atoms with van der Waals surface area (Å²) in [6.45, 7) is 1.70. The molecule has 0 N–H and O–H groups in total. The van der Waals surface area contributed by atoms with Crippen LogP contribution >= 0.6 is 11.8 Å². The Hall–Kier alpha value is -3.13. The third-order valence-electron chi connectivity index (χ3n) is 4.23. The molecule has 0 aromatic heterocycles. The smallest absolute Gasteiger partial charge is 0.328 e. The predicted molar refractivity (Wildman–Crippen MR) is 106 cm³/mol. The molecule has 1 aliphatic rings. The lowest BCUT2D eigenvalue weighted by atomic mass is 10.2. The normalized spacial score (nSPS) is 16.2. The van der Waals surface area contributed by atoms with E-state index in [2.05, 4.69) is 4.74 Å². The SMILES string of the molecule is COC(=O)[C@@H](C)N1C(=O)S/C(=C/c2cccc(OCc3ccc(F)cc3)c2)C1=O. The summed E-state index contributed by atoms with van der Waals surface area (Å²) in [4.78, 5) is 37.5. The maximum absolute atomic E-state index is 13.0. The molecule has 2 aromatic rings. The first-order valence-electron chi connectivity index (χ1n) is 8.71. The first-order valence-corrected chi connectivity index (χ1v) is 9.53. The van der Waals surface area contributed by atoms with Crippen LogP contribution in [-0.2, 0) is 20.9 Å². The average molecular weight is 415 g/mol. The summed E-state index contributed by atoms with van der Waals surface area (Å²) in [7, 11) is 1.20. The van der Waals surface area contributed by atoms with Gasteiger partial charge < -0.3 is 9.47 Å². The molecule has 0 bridgehead atoms. The fourth-order valence-corrected chi connectivity index (χ4v) is 3.59. The molecule has 29 heavy (non-hydrogen) atoms. The molecule has 2 amide bonds. The van der Waals surface area contributed by atoms with Crippen LogP contribution in [0.3, 0.4) is 0 Å². The number of rotatable bonds is 6. The molecule has 8 heteroatoms. The fourth-order valence-electron chi connectivity index (χ4n) is 2.68. The minimum absolute atomic E-state index is 0.210. The van der Waals surface area contributed by atoms with E-state index in [9.17, 15) is 18.8 Å². The Morgan fingerprint density at radius 3 is 2.62 bits per heavy atom. The molecule has 0 spiro atoms. The molecule has 0 unspecified atom stereocenters. The van der Waals surface area contributed by atoms with Gasteiger partial charge in [-0.2, -0.15) is 0 Å². The number of carbonyl (C=O) groups excluding carboxylic acids is 3. The Kier molecular flexibility index (Phi) is 6.33. The van der Waals surface area contributed by atoms with E-state index in [1.165, 1.54) is 26.2 Å². The zero-order valence-corrected chi connectivity index (χ0v) is 16.6. The average Bonchev–Trinajstić information content (AvgIpc) is 2.99. The van der Waals surface area contributed by atoms with Crippen molar-refractivity contribution in [1.82, 2.24) is 4.90 Å². The van der Waals surface area contributed by atoms with Gasteiger partial charge in [0.2, 0.25) is 0 Å². The molecule has 1 aliphatic heterocycles. The fraction of sp³-hybridized carbons (Fsp3) is 0.190. The summed E-state index contributed by atoms with van der Waals surface area (Å²) in [5, 5.41) is -0.525. The molecule has 2 aromatic carbocycles. The highest BCUT2D eigenvalue weighted by Gasteiger charge is 2.41. The second kappa shape index (κ2) is 8.91. The monoisotopic (exact) mass is 415 g/mol. The van der Waals surface area contributed by atoms with Gasteiger partial charge in [0.25, 0.3) is 11.1 Å². The van der Waals surface area contributed by atoms with Gasteiger partial charge in [0, 0.05) is 0 Å². The molecule has 1 fully saturated rings. The van der Waals surface area contributed by atoms with Gasteiger partial charge in [-0.3, -0.25) is 14.5 Å². The van der Waals surface area contributed by atoms with Gasteiger partial charge in [-0.25, -0.2) is 9.18 Å². The van der Waals surface area contributed by atoms with Gasteiger partial charge in [0.15, 0.2) is 0 Å². The van der Waals surface area contributed by atoms with Crippen molar-refractivity contribution in [1.29, 1.82) is 0 Å². The summed E-state index contributed by atoms with van der Waals surface area (Å²) in [6.07, 6.45) is 1.57. The van der Waals surface area contributed by atoms with Crippen LogP contribution in [0.5, 0.6) is 5.75 Å². The van der Waals surface area contributed by atoms with E-state index in [0.717, 1.165) is 22.2 Å². The number of halogens is 1. The van der Waals surface area contributed by atoms with Crippen LogP contribution in [0.2, 0.25) is 0 Å². The van der Waals surface area contributed by atoms with E-state index < -0.39 is 23.2 Å². The lowest BCUT2D eigenvalue weighted by Crippen LogP contribution is -2.42. The number of esters is 1. The number of carbonyl (C=O) groups is 3. The highest BCUT2D eigenvalue weighted by atomic mass is 32.2. The van der Waals surface area contributed by atoms with Crippen molar-refractivity contribution in [2.75, 3.05) is 7.11 Å². The van der Waals surface area contributed by atoms with Gasteiger partial charge in [-0.05, 0) is 60.2 Å². The number of benzene rings is 2. The number of amides is 2. The zero-order chi connectivity index (χ0) is 21.0. The van der Waals surface area contributed by atoms with Gasteiger partial charge in [0.05, 0.1) is 12.0 Å². The van der Waals surface area contributed by atoms with Crippen molar-refractivity contribution in [3.05, 3.63) is 70.4 Å². The van der Waals surface area contributed by atoms with Crippen molar-refractivity contribution in [3.63, 3.8) is 0 Å². The zero-order valence-electron chi connectivity index (χ0n) is 15.8. The molecular formula is C21H18FNO5S. The predicted octanol–water partition coefficient (Wildman–Crippen LogP) is 4.00. The van der Waals surface area contributed by atoms with Crippen molar-refractivity contribution in [2.45, 2.75) is 19.6 Å². The highest BCUT2D eigenvalue weighted by Crippen LogP contribution is 2.34. The summed E-state index contributed by atoms with van der Waals surface area (Å²) < 4.78 is 23.3. The first-order chi connectivity index (χ1) is 13.9. The van der Waals surface area contributed by atoms with Gasteiger partial charge in [-0.15, -0.1) is 0 Å². The number of ether oxygens (including phenoxy) is 2. The first kappa shape index (κ1) is 20.6. The van der Waals surface area contributed by atoms with Crippen LogP contribution in [0.4, 0.5) is 9.18 Å². The Balaban J connectivity index is 1.72. The number of hydrogen-bond donors (Lipinski definition) is 0. The van der Waals surface area contributed by atoms with E-state index in [-0.39, 0.29) is 17.3 Å². The van der Waals surface area contributed by atoms with Crippen molar-refractivity contribution < 1.29 is 28.2 Å². The molecule has 1 atom stereocenters. The summed E-state index contributed by atoms with van der Waals surface area (Å²) in [6, 6.07) is 12.0. The second-order valence-electron chi connectivity index (χ2n) is 6.24. The maximum atomic E-state index is 13.0. The largest absolute Gasteiger partial charge is 0.489 e. The Bertz CT molecular complexity index is 973. The number of imide groups is 1. The molecule has 150 valence electrons. The van der Waals surface area contributed by atoms with Crippen molar-refractivity contribution >= 4 is 35.0 Å². The molecule has 1 heterocycles. The molecule has 0 radical (unpaired) electrons. The van der Waals surface area contributed by atoms with Crippen LogP contribution in [-0.4, -0.2) is 35.2 Å². The summed E-state index contributed by atoms with van der Waals surface area (Å²) in [5.41, 5.74) is 1.48. The van der Waals surface area contributed by atoms with Gasteiger partial charge in [-0.1, -0.05) is 24.3 Å². The van der Waals surface area contributed by atoms with E-state index in [0.29, 0.717) is 11.3 Å². The van der Waals surface area contributed by atoms with Crippen molar-refractivity contribution in [2.24, 2.45) is 0 Å². The van der Waals surface area contributed by atoms with Crippen LogP contribution in [0.1, 0.15) is 18.1 Å². The number of hydrogen-bond acceptors (Lipinski definition) is 6. The topological polar surface area (TPSA) is 72.9 Å². The molecule has 6 nitrogen and oxygen atoms in total. The summed E-state index contributed by atoms with van der Waals surface area (Å²) in [5.74, 6) is -0.961. The minimum atomic E-state index is -0.997. The van der Waals surface area contributed by atoms with Gasteiger partial charge in [0.1, 0.15) is 24.2 Å². The third-order valence-corrected chi connectivity index (χ3v) is 5.11. The Labute approximate surface area is 171 Å². The third kappa shape index (κ3) is 4.83. The standard InChI is InChI=1S/C21H18FNO5S/c1-13(20(25)27-2)23-19(24)18(29-21(23)26)11-15-4-3-5-17(10-15)28-12-14-6-8-16(22)9-7-14/h3-11,13H,12H2,1-2H3/b18-11+/t13-/m1/s1. The van der Waals surface area contributed by atoms with E-state index in [1.54, 1.807) is 42.5 Å². The lowest BCUT2D eigenvalue weighted by molar-refractivity contribution is -0.148. The molecule has 0 saturated carbocycles. The Morgan fingerprint density at radius 1 is 1.21 bits per heavy atom. The molecule has 1 saturated heterocycles. The molecule has 0 aliphatic carbocycles.